The highest BCUT2D eigenvalue weighted by Gasteiger charge is 2.08. The molecule has 0 aliphatic heterocycles. The number of anilines is 1. The summed E-state index contributed by atoms with van der Waals surface area (Å²) < 4.78 is 1.97. The summed E-state index contributed by atoms with van der Waals surface area (Å²) in [5.74, 6) is 0. The molecule has 0 unspecified atom stereocenters. The Hall–Kier alpha value is -3.33. The number of hydrogen-bond donors (Lipinski definition) is 1. The molecule has 3 nitrogen and oxygen atoms in total. The first-order chi connectivity index (χ1) is 14.2. The Bertz CT molecular complexity index is 944. The van der Waals surface area contributed by atoms with Gasteiger partial charge in [0.2, 0.25) is 0 Å². The fraction of sp³-hybridized carbons (Fsp3) is 0.192. The van der Waals surface area contributed by atoms with Crippen LogP contribution in [0.3, 0.4) is 0 Å². The first-order valence-corrected chi connectivity index (χ1v) is 10.1. The normalized spacial score (nSPS) is 9.10. The number of fused-ring (bicyclic) bond motifs is 1. The Morgan fingerprint density at radius 3 is 1.76 bits per heavy atom. The van der Waals surface area contributed by atoms with Crippen molar-refractivity contribution in [3.8, 4) is 5.69 Å². The van der Waals surface area contributed by atoms with Crippen molar-refractivity contribution in [2.24, 2.45) is 0 Å². The second-order valence-corrected chi connectivity index (χ2v) is 6.03. The standard InChI is InChI=1S/C15H11NO.C6H7N.C3H8.C2H6/c17-11-14-10-12-6-4-5-9-15(12)16(14)13-7-2-1-3-8-13;7-6-4-2-1-3-5-6;1-3-2;1-2/h1-11H;1-5H,7H2;3H2,1-2H3;1-2H3. The number of nitrogens with two attached hydrogens (primary N) is 1. The maximum atomic E-state index is 11.1. The number of rotatable bonds is 2. The van der Waals surface area contributed by atoms with E-state index in [-0.39, 0.29) is 0 Å². The number of aldehydes is 1. The molecule has 4 rings (SSSR count). The molecular weight excluding hydrogens is 356 g/mol. The van der Waals surface area contributed by atoms with E-state index < -0.39 is 0 Å². The van der Waals surface area contributed by atoms with Crippen LogP contribution < -0.4 is 5.73 Å². The quantitative estimate of drug-likeness (QED) is 0.293. The Balaban J connectivity index is 0.000000292. The van der Waals surface area contributed by atoms with Crippen molar-refractivity contribution in [2.45, 2.75) is 34.1 Å². The van der Waals surface area contributed by atoms with Gasteiger partial charge in [-0.25, -0.2) is 0 Å². The maximum Gasteiger partial charge on any atom is 0.166 e. The van der Waals surface area contributed by atoms with E-state index in [0.717, 1.165) is 28.6 Å². The molecule has 0 bridgehead atoms. The van der Waals surface area contributed by atoms with Gasteiger partial charge in [0.25, 0.3) is 0 Å². The van der Waals surface area contributed by atoms with E-state index in [9.17, 15) is 4.79 Å². The number of benzene rings is 3. The molecule has 2 N–H and O–H groups in total. The number of para-hydroxylation sites is 3. The van der Waals surface area contributed by atoms with Gasteiger partial charge < -0.3 is 10.3 Å². The highest BCUT2D eigenvalue weighted by molar-refractivity contribution is 5.90. The van der Waals surface area contributed by atoms with E-state index >= 15 is 0 Å². The molecule has 0 aliphatic rings. The van der Waals surface area contributed by atoms with Gasteiger partial charge in [-0.3, -0.25) is 4.79 Å². The zero-order valence-corrected chi connectivity index (χ0v) is 17.9. The average molecular weight is 389 g/mol. The van der Waals surface area contributed by atoms with Crippen LogP contribution in [0.5, 0.6) is 0 Å². The Labute approximate surface area is 174 Å². The van der Waals surface area contributed by atoms with Gasteiger partial charge >= 0.3 is 0 Å². The van der Waals surface area contributed by atoms with Gasteiger partial charge in [-0.05, 0) is 36.4 Å². The van der Waals surface area contributed by atoms with E-state index in [4.69, 9.17) is 5.73 Å². The molecule has 3 heteroatoms. The van der Waals surface area contributed by atoms with Gasteiger partial charge in [0.15, 0.2) is 6.29 Å². The topological polar surface area (TPSA) is 48.0 Å². The third kappa shape index (κ3) is 7.30. The lowest BCUT2D eigenvalue weighted by Gasteiger charge is -2.06. The fourth-order valence-electron chi connectivity index (χ4n) is 2.58. The van der Waals surface area contributed by atoms with E-state index in [1.54, 1.807) is 0 Å². The minimum Gasteiger partial charge on any atom is -0.399 e. The first kappa shape index (κ1) is 23.7. The van der Waals surface area contributed by atoms with Gasteiger partial charge in [-0.15, -0.1) is 0 Å². The maximum absolute atomic E-state index is 11.1. The molecule has 1 heterocycles. The monoisotopic (exact) mass is 388 g/mol. The number of nitrogens with zero attached hydrogens (tertiary/aromatic N) is 1. The Kier molecular flexibility index (Phi) is 11.3. The molecule has 0 saturated carbocycles. The first-order valence-electron chi connectivity index (χ1n) is 10.1. The summed E-state index contributed by atoms with van der Waals surface area (Å²) >= 11 is 0. The molecule has 3 aromatic carbocycles. The Morgan fingerprint density at radius 1 is 0.793 bits per heavy atom. The van der Waals surface area contributed by atoms with Crippen molar-refractivity contribution >= 4 is 22.9 Å². The molecular formula is C26H32N2O. The van der Waals surface area contributed by atoms with E-state index in [2.05, 4.69) is 13.8 Å². The number of nitrogen functional groups attached to an aromatic ring is 1. The van der Waals surface area contributed by atoms with Crippen LogP contribution in [-0.4, -0.2) is 10.9 Å². The lowest BCUT2D eigenvalue weighted by atomic mass is 10.2. The molecule has 0 spiro atoms. The van der Waals surface area contributed by atoms with Crippen molar-refractivity contribution in [1.82, 2.24) is 4.57 Å². The number of aromatic nitrogens is 1. The van der Waals surface area contributed by atoms with E-state index in [1.165, 1.54) is 6.42 Å². The molecule has 0 saturated heterocycles. The van der Waals surface area contributed by atoms with Gasteiger partial charge in [0.05, 0.1) is 11.2 Å². The summed E-state index contributed by atoms with van der Waals surface area (Å²) in [4.78, 5) is 11.1. The molecule has 0 aliphatic carbocycles. The smallest absolute Gasteiger partial charge is 0.166 e. The minimum atomic E-state index is 0.678. The number of carbonyl (C=O) groups is 1. The van der Waals surface area contributed by atoms with Crippen LogP contribution in [0.15, 0.2) is 91.0 Å². The summed E-state index contributed by atoms with van der Waals surface area (Å²) in [6, 6.07) is 29.3. The van der Waals surface area contributed by atoms with Crippen LogP contribution >= 0.6 is 0 Å². The van der Waals surface area contributed by atoms with Crippen LogP contribution in [0.25, 0.3) is 16.6 Å². The number of carbonyl (C=O) groups excluding carboxylic acids is 1. The van der Waals surface area contributed by atoms with Crippen molar-refractivity contribution in [3.05, 3.63) is 96.7 Å². The van der Waals surface area contributed by atoms with Crippen molar-refractivity contribution in [1.29, 1.82) is 0 Å². The van der Waals surface area contributed by atoms with Gasteiger partial charge in [0, 0.05) is 16.8 Å². The van der Waals surface area contributed by atoms with Gasteiger partial charge in [-0.1, -0.05) is 88.7 Å². The summed E-state index contributed by atoms with van der Waals surface area (Å²) in [5.41, 5.74) is 8.92. The van der Waals surface area contributed by atoms with Crippen molar-refractivity contribution in [2.75, 3.05) is 5.73 Å². The minimum absolute atomic E-state index is 0.678. The summed E-state index contributed by atoms with van der Waals surface area (Å²) in [7, 11) is 0. The molecule has 0 fully saturated rings. The predicted octanol–water partition coefficient (Wildman–Crippen LogP) is 7.15. The SMILES string of the molecule is CC.CCC.Nc1ccccc1.O=Cc1cc2ccccc2n1-c1ccccc1. The molecule has 0 atom stereocenters. The second kappa shape index (κ2) is 13.8. The largest absolute Gasteiger partial charge is 0.399 e. The fourth-order valence-corrected chi connectivity index (χ4v) is 2.58. The van der Waals surface area contributed by atoms with Crippen LogP contribution in [0, 0.1) is 0 Å². The average Bonchev–Trinajstić information content (AvgIpc) is 3.16. The summed E-state index contributed by atoms with van der Waals surface area (Å²) in [5, 5.41) is 1.08. The third-order valence-electron chi connectivity index (χ3n) is 3.67. The van der Waals surface area contributed by atoms with Gasteiger partial charge in [0.1, 0.15) is 0 Å². The summed E-state index contributed by atoms with van der Waals surface area (Å²) in [6.07, 6.45) is 2.15. The van der Waals surface area contributed by atoms with E-state index in [1.807, 2.05) is 109 Å². The molecule has 29 heavy (non-hydrogen) atoms. The van der Waals surface area contributed by atoms with Crippen LogP contribution in [0.4, 0.5) is 5.69 Å². The van der Waals surface area contributed by atoms with Crippen molar-refractivity contribution in [3.63, 3.8) is 0 Å². The lowest BCUT2D eigenvalue weighted by Crippen LogP contribution is -1.97. The molecule has 4 aromatic rings. The molecule has 0 radical (unpaired) electrons. The van der Waals surface area contributed by atoms with Gasteiger partial charge in [-0.2, -0.15) is 0 Å². The molecule has 1 aromatic heterocycles. The highest BCUT2D eigenvalue weighted by Crippen LogP contribution is 2.23. The second-order valence-electron chi connectivity index (χ2n) is 6.03. The van der Waals surface area contributed by atoms with Crippen LogP contribution in [0.1, 0.15) is 44.6 Å². The molecule has 152 valence electrons. The van der Waals surface area contributed by atoms with Crippen LogP contribution in [0.2, 0.25) is 0 Å². The third-order valence-corrected chi connectivity index (χ3v) is 3.67. The predicted molar refractivity (Wildman–Crippen MR) is 127 cm³/mol. The molecule has 0 amide bonds. The zero-order chi connectivity index (χ0) is 21.5. The highest BCUT2D eigenvalue weighted by atomic mass is 16.1. The number of hydrogen-bond acceptors (Lipinski definition) is 2. The Morgan fingerprint density at radius 2 is 1.28 bits per heavy atom. The van der Waals surface area contributed by atoms with E-state index in [0.29, 0.717) is 5.69 Å². The van der Waals surface area contributed by atoms with Crippen LogP contribution in [-0.2, 0) is 0 Å². The van der Waals surface area contributed by atoms with Crippen molar-refractivity contribution < 1.29 is 4.79 Å². The zero-order valence-electron chi connectivity index (χ0n) is 17.9. The summed E-state index contributed by atoms with van der Waals surface area (Å²) in [6.45, 7) is 8.25. The lowest BCUT2D eigenvalue weighted by molar-refractivity contribution is 0.111.